The largest absolute Gasteiger partial charge is 0.323 e. The van der Waals surface area contributed by atoms with Gasteiger partial charge in [0.2, 0.25) is 0 Å². The highest BCUT2D eigenvalue weighted by molar-refractivity contribution is 9.11. The minimum atomic E-state index is 0.0671. The summed E-state index contributed by atoms with van der Waals surface area (Å²) in [5.41, 5.74) is 6.06. The van der Waals surface area contributed by atoms with Crippen LogP contribution in [0.25, 0.3) is 0 Å². The number of hydrogen-bond acceptors (Lipinski definition) is 4. The minimum absolute atomic E-state index is 0.0671. The van der Waals surface area contributed by atoms with Crippen molar-refractivity contribution in [3.8, 4) is 0 Å². The maximum atomic E-state index is 6.06. The van der Waals surface area contributed by atoms with Crippen molar-refractivity contribution in [3.63, 3.8) is 0 Å². The van der Waals surface area contributed by atoms with Gasteiger partial charge in [0.05, 0.1) is 8.79 Å². The summed E-state index contributed by atoms with van der Waals surface area (Å²) in [5, 5.41) is 3.08. The van der Waals surface area contributed by atoms with E-state index >= 15 is 0 Å². The van der Waals surface area contributed by atoms with E-state index in [1.54, 1.807) is 22.7 Å². The van der Waals surface area contributed by atoms with Gasteiger partial charge in [-0.3, -0.25) is 0 Å². The Labute approximate surface area is 98.9 Å². The molecule has 0 spiro atoms. The minimum Gasteiger partial charge on any atom is -0.323 e. The van der Waals surface area contributed by atoms with E-state index < -0.39 is 0 Å². The van der Waals surface area contributed by atoms with Crippen molar-refractivity contribution in [2.24, 2.45) is 5.73 Å². The average Bonchev–Trinajstić information content (AvgIpc) is 2.75. The Hall–Kier alpha value is -0.230. The molecule has 1 atom stereocenters. The summed E-state index contributed by atoms with van der Waals surface area (Å²) in [4.78, 5) is 5.42. The Bertz CT molecular complexity index is 397. The Morgan fingerprint density at radius 3 is 2.93 bits per heavy atom. The number of nitrogens with zero attached hydrogens (tertiary/aromatic N) is 1. The molecule has 0 aromatic carbocycles. The number of thiazole rings is 1. The molecule has 0 radical (unpaired) electrons. The third-order valence-electron chi connectivity index (χ3n) is 1.84. The van der Waals surface area contributed by atoms with Crippen molar-refractivity contribution in [2.75, 3.05) is 0 Å². The van der Waals surface area contributed by atoms with Gasteiger partial charge < -0.3 is 5.73 Å². The third kappa shape index (κ3) is 2.42. The molecule has 5 heteroatoms. The molecule has 0 bridgehead atoms. The van der Waals surface area contributed by atoms with E-state index in [4.69, 9.17) is 5.73 Å². The summed E-state index contributed by atoms with van der Waals surface area (Å²) in [6.07, 6.45) is 2.64. The SMILES string of the molecule is NC(Cc1nccs1)c1ccc(Br)s1. The second kappa shape index (κ2) is 4.53. The summed E-state index contributed by atoms with van der Waals surface area (Å²) < 4.78 is 1.13. The molecule has 0 aliphatic carbocycles. The van der Waals surface area contributed by atoms with Crippen LogP contribution in [-0.4, -0.2) is 4.98 Å². The van der Waals surface area contributed by atoms with Crippen LogP contribution in [0.5, 0.6) is 0 Å². The second-order valence-electron chi connectivity index (χ2n) is 2.88. The Morgan fingerprint density at radius 1 is 1.50 bits per heavy atom. The molecule has 2 aromatic heterocycles. The topological polar surface area (TPSA) is 38.9 Å². The van der Waals surface area contributed by atoms with E-state index in [9.17, 15) is 0 Å². The molecule has 2 nitrogen and oxygen atoms in total. The lowest BCUT2D eigenvalue weighted by atomic mass is 10.2. The predicted molar refractivity (Wildman–Crippen MR) is 64.8 cm³/mol. The normalized spacial score (nSPS) is 13.0. The zero-order chi connectivity index (χ0) is 9.97. The number of aromatic nitrogens is 1. The van der Waals surface area contributed by atoms with Crippen LogP contribution in [0.15, 0.2) is 27.5 Å². The Morgan fingerprint density at radius 2 is 2.36 bits per heavy atom. The molecule has 0 aliphatic rings. The quantitative estimate of drug-likeness (QED) is 0.942. The van der Waals surface area contributed by atoms with Crippen molar-refractivity contribution < 1.29 is 0 Å². The average molecular weight is 289 g/mol. The Kier molecular flexibility index (Phi) is 3.33. The molecular formula is C9H9BrN2S2. The lowest BCUT2D eigenvalue weighted by Gasteiger charge is -2.06. The lowest BCUT2D eigenvalue weighted by Crippen LogP contribution is -2.11. The molecular weight excluding hydrogens is 280 g/mol. The van der Waals surface area contributed by atoms with E-state index in [2.05, 4.69) is 27.0 Å². The molecule has 2 rings (SSSR count). The zero-order valence-electron chi connectivity index (χ0n) is 7.31. The van der Waals surface area contributed by atoms with Gasteiger partial charge in [-0.2, -0.15) is 0 Å². The molecule has 0 saturated heterocycles. The number of nitrogens with two attached hydrogens (primary N) is 1. The van der Waals surface area contributed by atoms with Crippen molar-refractivity contribution in [2.45, 2.75) is 12.5 Å². The number of thiophene rings is 1. The first-order valence-corrected chi connectivity index (χ1v) is 6.64. The van der Waals surface area contributed by atoms with Gasteiger partial charge in [0.15, 0.2) is 0 Å². The van der Waals surface area contributed by atoms with E-state index in [1.165, 1.54) is 4.88 Å². The van der Waals surface area contributed by atoms with E-state index in [0.29, 0.717) is 0 Å². The molecule has 1 unspecified atom stereocenters. The fraction of sp³-hybridized carbons (Fsp3) is 0.222. The smallest absolute Gasteiger partial charge is 0.0944 e. The standard InChI is InChI=1S/C9H9BrN2S2/c10-8-2-1-7(14-8)6(11)5-9-12-3-4-13-9/h1-4,6H,5,11H2. The highest BCUT2D eigenvalue weighted by atomic mass is 79.9. The summed E-state index contributed by atoms with van der Waals surface area (Å²) in [6, 6.07) is 4.16. The molecule has 2 aromatic rings. The molecule has 0 amide bonds. The number of halogens is 1. The summed E-state index contributed by atoms with van der Waals surface area (Å²) in [6.45, 7) is 0. The lowest BCUT2D eigenvalue weighted by molar-refractivity contribution is 0.732. The van der Waals surface area contributed by atoms with Crippen molar-refractivity contribution in [1.82, 2.24) is 4.98 Å². The van der Waals surface area contributed by atoms with Crippen LogP contribution < -0.4 is 5.73 Å². The molecule has 74 valence electrons. The first kappa shape index (κ1) is 10.3. The van der Waals surface area contributed by atoms with Gasteiger partial charge >= 0.3 is 0 Å². The predicted octanol–water partition coefficient (Wildman–Crippen LogP) is 3.21. The van der Waals surface area contributed by atoms with Crippen LogP contribution in [0.1, 0.15) is 15.9 Å². The molecule has 2 heterocycles. The van der Waals surface area contributed by atoms with Gasteiger partial charge in [-0.1, -0.05) is 0 Å². The molecule has 14 heavy (non-hydrogen) atoms. The summed E-state index contributed by atoms with van der Waals surface area (Å²) in [5.74, 6) is 0. The van der Waals surface area contributed by atoms with Gasteiger partial charge in [0.1, 0.15) is 0 Å². The van der Waals surface area contributed by atoms with Crippen LogP contribution in [0.2, 0.25) is 0 Å². The van der Waals surface area contributed by atoms with E-state index in [1.807, 2.05) is 17.6 Å². The fourth-order valence-electron chi connectivity index (χ4n) is 1.17. The molecule has 0 saturated carbocycles. The summed E-state index contributed by atoms with van der Waals surface area (Å²) >= 11 is 6.77. The van der Waals surface area contributed by atoms with E-state index in [-0.39, 0.29) is 6.04 Å². The Balaban J connectivity index is 2.06. The fourth-order valence-corrected chi connectivity index (χ4v) is 3.27. The maximum absolute atomic E-state index is 6.06. The van der Waals surface area contributed by atoms with Gasteiger partial charge in [-0.05, 0) is 28.1 Å². The number of hydrogen-bond donors (Lipinski definition) is 1. The molecule has 0 aliphatic heterocycles. The van der Waals surface area contributed by atoms with E-state index in [0.717, 1.165) is 15.2 Å². The second-order valence-corrected chi connectivity index (χ2v) is 6.35. The third-order valence-corrected chi connectivity index (χ3v) is 4.39. The first-order chi connectivity index (χ1) is 6.75. The van der Waals surface area contributed by atoms with Gasteiger partial charge in [0, 0.05) is 28.9 Å². The van der Waals surface area contributed by atoms with Crippen molar-refractivity contribution in [3.05, 3.63) is 37.4 Å². The monoisotopic (exact) mass is 288 g/mol. The zero-order valence-corrected chi connectivity index (χ0v) is 10.5. The molecule has 0 fully saturated rings. The van der Waals surface area contributed by atoms with Crippen LogP contribution in [0, 0.1) is 0 Å². The van der Waals surface area contributed by atoms with Crippen LogP contribution in [0.3, 0.4) is 0 Å². The van der Waals surface area contributed by atoms with Crippen LogP contribution >= 0.6 is 38.6 Å². The number of rotatable bonds is 3. The van der Waals surface area contributed by atoms with Gasteiger partial charge in [-0.15, -0.1) is 22.7 Å². The van der Waals surface area contributed by atoms with Crippen molar-refractivity contribution >= 4 is 38.6 Å². The maximum Gasteiger partial charge on any atom is 0.0944 e. The molecule has 2 N–H and O–H groups in total. The first-order valence-electron chi connectivity index (χ1n) is 4.15. The van der Waals surface area contributed by atoms with Crippen LogP contribution in [0.4, 0.5) is 0 Å². The highest BCUT2D eigenvalue weighted by Gasteiger charge is 2.10. The highest BCUT2D eigenvalue weighted by Crippen LogP contribution is 2.28. The van der Waals surface area contributed by atoms with Gasteiger partial charge in [0.25, 0.3) is 0 Å². The van der Waals surface area contributed by atoms with Crippen LogP contribution in [-0.2, 0) is 6.42 Å². The summed E-state index contributed by atoms with van der Waals surface area (Å²) in [7, 11) is 0. The van der Waals surface area contributed by atoms with Gasteiger partial charge in [-0.25, -0.2) is 4.98 Å². The van der Waals surface area contributed by atoms with Crippen molar-refractivity contribution in [1.29, 1.82) is 0 Å².